The van der Waals surface area contributed by atoms with E-state index in [0.717, 1.165) is 24.0 Å². The molecule has 5 nitrogen and oxygen atoms in total. The van der Waals surface area contributed by atoms with Gasteiger partial charge in [0, 0.05) is 12.2 Å². The van der Waals surface area contributed by atoms with Crippen molar-refractivity contribution < 1.29 is 9.59 Å². The van der Waals surface area contributed by atoms with Crippen molar-refractivity contribution in [1.82, 2.24) is 9.88 Å². The standard InChI is InChI=1S/C21H25N3O2/c1-14-11-18(13-22-12-14)23-20(25)21(26)24-16(3)15(2)9-10-19(24)17-7-5-4-6-8-17/h4-8,11-13,15-16,19H,9-10H2,1-3H3,(H,23,25)/t15-,16+,19+/m1/s1. The number of hydrogen-bond donors (Lipinski definition) is 1. The zero-order valence-electron chi connectivity index (χ0n) is 15.5. The third kappa shape index (κ3) is 3.77. The van der Waals surface area contributed by atoms with Gasteiger partial charge in [-0.15, -0.1) is 0 Å². The van der Waals surface area contributed by atoms with E-state index in [4.69, 9.17) is 0 Å². The number of rotatable bonds is 2. The molecule has 0 bridgehead atoms. The number of anilines is 1. The van der Waals surface area contributed by atoms with E-state index in [9.17, 15) is 9.59 Å². The van der Waals surface area contributed by atoms with Crippen molar-refractivity contribution in [2.75, 3.05) is 5.32 Å². The molecule has 1 aromatic carbocycles. The van der Waals surface area contributed by atoms with Crippen molar-refractivity contribution in [3.8, 4) is 0 Å². The van der Waals surface area contributed by atoms with Crippen molar-refractivity contribution in [3.05, 3.63) is 59.9 Å². The smallest absolute Gasteiger partial charge is 0.313 e. The van der Waals surface area contributed by atoms with Gasteiger partial charge >= 0.3 is 11.8 Å². The number of amides is 2. The first kappa shape index (κ1) is 18.1. The predicted octanol–water partition coefficient (Wildman–Crippen LogP) is 3.72. The van der Waals surface area contributed by atoms with Gasteiger partial charge in [0.1, 0.15) is 0 Å². The predicted molar refractivity (Wildman–Crippen MR) is 101 cm³/mol. The molecule has 26 heavy (non-hydrogen) atoms. The van der Waals surface area contributed by atoms with Crippen LogP contribution >= 0.6 is 0 Å². The second kappa shape index (κ2) is 7.68. The molecule has 5 heteroatoms. The summed E-state index contributed by atoms with van der Waals surface area (Å²) in [6.45, 7) is 6.05. The second-order valence-electron chi connectivity index (χ2n) is 7.14. The van der Waals surface area contributed by atoms with Crippen molar-refractivity contribution in [3.63, 3.8) is 0 Å². The second-order valence-corrected chi connectivity index (χ2v) is 7.14. The highest BCUT2D eigenvalue weighted by Crippen LogP contribution is 2.37. The normalized spacial score (nSPS) is 22.7. The Morgan fingerprint density at radius 2 is 1.85 bits per heavy atom. The summed E-state index contributed by atoms with van der Waals surface area (Å²) in [5.74, 6) is -0.744. The minimum absolute atomic E-state index is 0.00263. The lowest BCUT2D eigenvalue weighted by Gasteiger charge is -2.44. The van der Waals surface area contributed by atoms with Crippen LogP contribution in [0.1, 0.15) is 43.9 Å². The highest BCUT2D eigenvalue weighted by atomic mass is 16.2. The Kier molecular flexibility index (Phi) is 5.35. The van der Waals surface area contributed by atoms with Gasteiger partial charge in [-0.3, -0.25) is 14.6 Å². The first-order valence-corrected chi connectivity index (χ1v) is 9.07. The third-order valence-corrected chi connectivity index (χ3v) is 5.24. The maximum Gasteiger partial charge on any atom is 0.313 e. The quantitative estimate of drug-likeness (QED) is 0.839. The van der Waals surface area contributed by atoms with Crippen LogP contribution in [0, 0.1) is 12.8 Å². The number of nitrogens with one attached hydrogen (secondary N) is 1. The average molecular weight is 351 g/mol. The van der Waals surface area contributed by atoms with E-state index in [1.54, 1.807) is 23.4 Å². The lowest BCUT2D eigenvalue weighted by Crippen LogP contribution is -2.51. The number of carbonyl (C=O) groups is 2. The monoisotopic (exact) mass is 351 g/mol. The summed E-state index contributed by atoms with van der Waals surface area (Å²) in [5, 5.41) is 2.69. The van der Waals surface area contributed by atoms with Gasteiger partial charge in [-0.25, -0.2) is 0 Å². The highest BCUT2D eigenvalue weighted by Gasteiger charge is 2.38. The molecule has 3 atom stereocenters. The van der Waals surface area contributed by atoms with Crippen LogP contribution in [0.15, 0.2) is 48.8 Å². The molecule has 0 spiro atoms. The van der Waals surface area contributed by atoms with Crippen LogP contribution in [-0.4, -0.2) is 27.7 Å². The third-order valence-electron chi connectivity index (χ3n) is 5.24. The van der Waals surface area contributed by atoms with E-state index in [1.807, 2.05) is 44.2 Å². The van der Waals surface area contributed by atoms with Gasteiger partial charge in [-0.05, 0) is 49.8 Å². The molecule has 2 heterocycles. The van der Waals surface area contributed by atoms with Crippen molar-refractivity contribution in [1.29, 1.82) is 0 Å². The van der Waals surface area contributed by atoms with Gasteiger partial charge in [0.25, 0.3) is 0 Å². The zero-order chi connectivity index (χ0) is 18.7. The molecule has 1 aliphatic heterocycles. The maximum absolute atomic E-state index is 13.0. The Bertz CT molecular complexity index is 791. The number of nitrogens with zero attached hydrogens (tertiary/aromatic N) is 2. The molecule has 136 valence electrons. The molecule has 1 saturated heterocycles. The fraction of sp³-hybridized carbons (Fsp3) is 0.381. The van der Waals surface area contributed by atoms with Gasteiger partial charge in [0.05, 0.1) is 17.9 Å². The Morgan fingerprint density at radius 1 is 1.12 bits per heavy atom. The summed E-state index contributed by atoms with van der Waals surface area (Å²) < 4.78 is 0. The first-order valence-electron chi connectivity index (χ1n) is 9.07. The summed E-state index contributed by atoms with van der Waals surface area (Å²) in [6, 6.07) is 11.7. The summed E-state index contributed by atoms with van der Waals surface area (Å²) >= 11 is 0. The molecule has 2 aromatic rings. The molecular weight excluding hydrogens is 326 g/mol. The molecule has 0 saturated carbocycles. The van der Waals surface area contributed by atoms with Crippen LogP contribution in [0.25, 0.3) is 0 Å². The van der Waals surface area contributed by atoms with Crippen molar-refractivity contribution in [2.24, 2.45) is 5.92 Å². The fourth-order valence-electron chi connectivity index (χ4n) is 3.61. The van der Waals surface area contributed by atoms with E-state index in [1.165, 1.54) is 0 Å². The van der Waals surface area contributed by atoms with E-state index < -0.39 is 11.8 Å². The Hall–Kier alpha value is -2.69. The number of aromatic nitrogens is 1. The number of hydrogen-bond acceptors (Lipinski definition) is 3. The lowest BCUT2D eigenvalue weighted by atomic mass is 9.84. The van der Waals surface area contributed by atoms with Crippen molar-refractivity contribution in [2.45, 2.75) is 45.7 Å². The van der Waals surface area contributed by atoms with Gasteiger partial charge in [-0.1, -0.05) is 37.3 Å². The summed E-state index contributed by atoms with van der Waals surface area (Å²) in [6.07, 6.45) is 5.15. The van der Waals surface area contributed by atoms with Gasteiger partial charge in [0.15, 0.2) is 0 Å². The van der Waals surface area contributed by atoms with E-state index in [-0.39, 0.29) is 12.1 Å². The number of benzene rings is 1. The van der Waals surface area contributed by atoms with Crippen LogP contribution < -0.4 is 5.32 Å². The molecule has 1 aromatic heterocycles. The molecule has 0 radical (unpaired) electrons. The number of pyridine rings is 1. The maximum atomic E-state index is 13.0. The van der Waals surface area contributed by atoms with E-state index >= 15 is 0 Å². The summed E-state index contributed by atoms with van der Waals surface area (Å²) in [7, 11) is 0. The molecule has 3 rings (SSSR count). The van der Waals surface area contributed by atoms with Crippen LogP contribution in [0.2, 0.25) is 0 Å². The van der Waals surface area contributed by atoms with E-state index in [0.29, 0.717) is 11.6 Å². The Morgan fingerprint density at radius 3 is 2.54 bits per heavy atom. The van der Waals surface area contributed by atoms with Crippen LogP contribution in [0.3, 0.4) is 0 Å². The Balaban J connectivity index is 1.84. The molecule has 1 aliphatic rings. The molecule has 0 unspecified atom stereocenters. The molecule has 2 amide bonds. The topological polar surface area (TPSA) is 62.3 Å². The van der Waals surface area contributed by atoms with Crippen molar-refractivity contribution >= 4 is 17.5 Å². The number of piperidine rings is 1. The Labute approximate surface area is 154 Å². The molecular formula is C21H25N3O2. The zero-order valence-corrected chi connectivity index (χ0v) is 15.5. The minimum Gasteiger partial charge on any atom is -0.324 e. The lowest BCUT2D eigenvalue weighted by molar-refractivity contribution is -0.149. The summed E-state index contributed by atoms with van der Waals surface area (Å²) in [5.41, 5.74) is 2.54. The van der Waals surface area contributed by atoms with Crippen LogP contribution in [0.5, 0.6) is 0 Å². The largest absolute Gasteiger partial charge is 0.324 e. The number of aryl methyl sites for hydroxylation is 1. The molecule has 0 aliphatic carbocycles. The van der Waals surface area contributed by atoms with Gasteiger partial charge in [0.2, 0.25) is 0 Å². The van der Waals surface area contributed by atoms with Gasteiger partial charge in [-0.2, -0.15) is 0 Å². The average Bonchev–Trinajstić information content (AvgIpc) is 2.64. The number of likely N-dealkylation sites (tertiary alicyclic amines) is 1. The molecule has 1 N–H and O–H groups in total. The fourth-order valence-corrected chi connectivity index (χ4v) is 3.61. The molecule has 1 fully saturated rings. The highest BCUT2D eigenvalue weighted by molar-refractivity contribution is 6.39. The summed E-state index contributed by atoms with van der Waals surface area (Å²) in [4.78, 5) is 31.5. The van der Waals surface area contributed by atoms with Crippen LogP contribution in [-0.2, 0) is 9.59 Å². The van der Waals surface area contributed by atoms with E-state index in [2.05, 4.69) is 17.2 Å². The SMILES string of the molecule is Cc1cncc(NC(=O)C(=O)N2[C@H](c3ccccc3)CC[C@@H](C)[C@@H]2C)c1. The first-order chi connectivity index (χ1) is 12.5. The van der Waals surface area contributed by atoms with Gasteiger partial charge < -0.3 is 10.2 Å². The minimum atomic E-state index is -0.612. The number of carbonyl (C=O) groups excluding carboxylic acids is 2. The van der Waals surface area contributed by atoms with Crippen LogP contribution in [0.4, 0.5) is 5.69 Å².